The van der Waals surface area contributed by atoms with Crippen LogP contribution in [0, 0.1) is 0 Å². The van der Waals surface area contributed by atoms with Crippen LogP contribution in [0.5, 0.6) is 0 Å². The molecule has 1 fully saturated rings. The Hall–Kier alpha value is -1.76. The number of amides is 2. The molecule has 1 aromatic carbocycles. The average molecular weight is 274 g/mol. The molecule has 1 aromatic rings. The van der Waals surface area contributed by atoms with Crippen molar-refractivity contribution < 1.29 is 23.1 Å². The van der Waals surface area contributed by atoms with Crippen molar-refractivity contribution in [1.82, 2.24) is 10.2 Å². The zero-order chi connectivity index (χ0) is 14.0. The maximum atomic E-state index is 12.9. The SMILES string of the molecule is O=C1NCC(c2ccccc2C(F)(F)F)N1CCO. The molecule has 7 heteroatoms. The molecule has 1 heterocycles. The number of hydrogen-bond donors (Lipinski definition) is 2. The fraction of sp³-hybridized carbons (Fsp3) is 0.417. The second-order valence-electron chi connectivity index (χ2n) is 4.20. The highest BCUT2D eigenvalue weighted by Crippen LogP contribution is 2.37. The molecule has 1 saturated heterocycles. The van der Waals surface area contributed by atoms with Gasteiger partial charge in [0.25, 0.3) is 0 Å². The first-order valence-electron chi connectivity index (χ1n) is 5.76. The maximum Gasteiger partial charge on any atom is 0.416 e. The number of halogens is 3. The van der Waals surface area contributed by atoms with Gasteiger partial charge in [0.1, 0.15) is 0 Å². The molecule has 1 aliphatic heterocycles. The van der Waals surface area contributed by atoms with Gasteiger partial charge in [0.05, 0.1) is 18.2 Å². The second-order valence-corrected chi connectivity index (χ2v) is 4.20. The monoisotopic (exact) mass is 274 g/mol. The minimum atomic E-state index is -4.47. The van der Waals surface area contributed by atoms with E-state index in [1.807, 2.05) is 0 Å². The van der Waals surface area contributed by atoms with E-state index in [0.29, 0.717) is 0 Å². The Morgan fingerprint density at radius 3 is 2.68 bits per heavy atom. The van der Waals surface area contributed by atoms with E-state index in [2.05, 4.69) is 5.32 Å². The van der Waals surface area contributed by atoms with Crippen LogP contribution >= 0.6 is 0 Å². The number of urea groups is 1. The molecule has 1 atom stereocenters. The van der Waals surface area contributed by atoms with Crippen LogP contribution in [-0.4, -0.2) is 35.7 Å². The van der Waals surface area contributed by atoms with Crippen molar-refractivity contribution in [2.75, 3.05) is 19.7 Å². The van der Waals surface area contributed by atoms with Crippen LogP contribution in [-0.2, 0) is 6.18 Å². The summed E-state index contributed by atoms with van der Waals surface area (Å²) in [6, 6.07) is 4.00. The first-order chi connectivity index (χ1) is 8.95. The predicted octanol–water partition coefficient (Wildman–Crippen LogP) is 1.76. The molecule has 2 amide bonds. The standard InChI is InChI=1S/C12H13F3N2O2/c13-12(14,15)9-4-2-1-3-8(9)10-7-16-11(19)17(10)5-6-18/h1-4,10,18H,5-7H2,(H,16,19). The topological polar surface area (TPSA) is 52.6 Å². The zero-order valence-electron chi connectivity index (χ0n) is 9.94. The van der Waals surface area contributed by atoms with Crippen molar-refractivity contribution in [2.24, 2.45) is 0 Å². The first kappa shape index (κ1) is 13.7. The van der Waals surface area contributed by atoms with E-state index in [4.69, 9.17) is 5.11 Å². The summed E-state index contributed by atoms with van der Waals surface area (Å²) in [5, 5.41) is 11.4. The number of aliphatic hydroxyl groups is 1. The van der Waals surface area contributed by atoms with Crippen LogP contribution in [0.3, 0.4) is 0 Å². The van der Waals surface area contributed by atoms with Gasteiger partial charge >= 0.3 is 12.2 Å². The Morgan fingerprint density at radius 1 is 1.37 bits per heavy atom. The van der Waals surface area contributed by atoms with E-state index in [0.717, 1.165) is 6.07 Å². The lowest BCUT2D eigenvalue weighted by molar-refractivity contribution is -0.138. The normalized spacial score (nSPS) is 19.7. The number of carbonyl (C=O) groups excluding carboxylic acids is 1. The fourth-order valence-electron chi connectivity index (χ4n) is 2.23. The third-order valence-corrected chi connectivity index (χ3v) is 3.05. The Kier molecular flexibility index (Phi) is 3.66. The van der Waals surface area contributed by atoms with Gasteiger partial charge in [-0.05, 0) is 11.6 Å². The van der Waals surface area contributed by atoms with Crippen LogP contribution in [0.2, 0.25) is 0 Å². The first-order valence-corrected chi connectivity index (χ1v) is 5.76. The summed E-state index contributed by atoms with van der Waals surface area (Å²) in [7, 11) is 0. The molecule has 0 saturated carbocycles. The lowest BCUT2D eigenvalue weighted by Crippen LogP contribution is -2.33. The summed E-state index contributed by atoms with van der Waals surface area (Å²) in [5.41, 5.74) is -0.707. The van der Waals surface area contributed by atoms with Gasteiger partial charge in [-0.15, -0.1) is 0 Å². The average Bonchev–Trinajstić information content (AvgIpc) is 2.71. The smallest absolute Gasteiger partial charge is 0.395 e. The molecule has 0 spiro atoms. The van der Waals surface area contributed by atoms with Crippen molar-refractivity contribution in [1.29, 1.82) is 0 Å². The van der Waals surface area contributed by atoms with E-state index < -0.39 is 23.8 Å². The highest BCUT2D eigenvalue weighted by Gasteiger charge is 2.39. The number of carbonyl (C=O) groups is 1. The lowest BCUT2D eigenvalue weighted by atomic mass is 9.99. The van der Waals surface area contributed by atoms with E-state index in [-0.39, 0.29) is 25.3 Å². The van der Waals surface area contributed by atoms with Gasteiger partial charge in [-0.3, -0.25) is 0 Å². The van der Waals surface area contributed by atoms with Crippen molar-refractivity contribution in [2.45, 2.75) is 12.2 Å². The van der Waals surface area contributed by atoms with Crippen molar-refractivity contribution in [3.05, 3.63) is 35.4 Å². The Morgan fingerprint density at radius 2 is 2.05 bits per heavy atom. The van der Waals surface area contributed by atoms with Gasteiger partial charge in [0, 0.05) is 13.1 Å². The Balaban J connectivity index is 2.39. The minimum absolute atomic E-state index is 0.00267. The summed E-state index contributed by atoms with van der Waals surface area (Å²) in [5.74, 6) is 0. The molecule has 2 rings (SSSR count). The van der Waals surface area contributed by atoms with Crippen molar-refractivity contribution in [3.63, 3.8) is 0 Å². The molecule has 0 radical (unpaired) electrons. The molecule has 2 N–H and O–H groups in total. The van der Waals surface area contributed by atoms with E-state index in [1.165, 1.54) is 23.1 Å². The molecule has 1 aliphatic rings. The Bertz CT molecular complexity index is 476. The number of rotatable bonds is 3. The number of nitrogens with zero attached hydrogens (tertiary/aromatic N) is 1. The number of hydrogen-bond acceptors (Lipinski definition) is 2. The number of alkyl halides is 3. The molecule has 104 valence electrons. The second kappa shape index (κ2) is 5.08. The van der Waals surface area contributed by atoms with Gasteiger partial charge < -0.3 is 15.3 Å². The summed E-state index contributed by atoms with van der Waals surface area (Å²) >= 11 is 0. The van der Waals surface area contributed by atoms with E-state index >= 15 is 0 Å². The Labute approximate surface area is 107 Å². The molecule has 0 aliphatic carbocycles. The quantitative estimate of drug-likeness (QED) is 0.882. The minimum Gasteiger partial charge on any atom is -0.395 e. The summed E-state index contributed by atoms with van der Waals surface area (Å²) < 4.78 is 38.8. The van der Waals surface area contributed by atoms with Crippen LogP contribution in [0.25, 0.3) is 0 Å². The largest absolute Gasteiger partial charge is 0.416 e. The van der Waals surface area contributed by atoms with Crippen LogP contribution in [0.1, 0.15) is 17.2 Å². The lowest BCUT2D eigenvalue weighted by Gasteiger charge is -2.25. The number of aliphatic hydroxyl groups excluding tert-OH is 1. The van der Waals surface area contributed by atoms with Crippen molar-refractivity contribution >= 4 is 6.03 Å². The molecule has 4 nitrogen and oxygen atoms in total. The summed E-state index contributed by atoms with van der Waals surface area (Å²) in [6.07, 6.45) is -4.47. The van der Waals surface area contributed by atoms with Gasteiger partial charge in [0.2, 0.25) is 0 Å². The van der Waals surface area contributed by atoms with Gasteiger partial charge in [0.15, 0.2) is 0 Å². The van der Waals surface area contributed by atoms with Crippen LogP contribution < -0.4 is 5.32 Å². The van der Waals surface area contributed by atoms with Crippen LogP contribution in [0.4, 0.5) is 18.0 Å². The third kappa shape index (κ3) is 2.65. The number of β-amino-alcohol motifs (C(OH)–C–C–N with tert-alkyl or cyclic N) is 1. The fourth-order valence-corrected chi connectivity index (χ4v) is 2.23. The highest BCUT2D eigenvalue weighted by atomic mass is 19.4. The third-order valence-electron chi connectivity index (χ3n) is 3.05. The maximum absolute atomic E-state index is 12.9. The molecule has 1 unspecified atom stereocenters. The van der Waals surface area contributed by atoms with Gasteiger partial charge in [-0.1, -0.05) is 18.2 Å². The van der Waals surface area contributed by atoms with E-state index in [9.17, 15) is 18.0 Å². The van der Waals surface area contributed by atoms with Crippen molar-refractivity contribution in [3.8, 4) is 0 Å². The number of nitrogens with one attached hydrogen (secondary N) is 1. The summed E-state index contributed by atoms with van der Waals surface area (Å²) in [6.45, 7) is -0.188. The molecule has 19 heavy (non-hydrogen) atoms. The molecular formula is C12H13F3N2O2. The van der Waals surface area contributed by atoms with Gasteiger partial charge in [-0.2, -0.15) is 13.2 Å². The van der Waals surface area contributed by atoms with E-state index in [1.54, 1.807) is 0 Å². The van der Waals surface area contributed by atoms with Gasteiger partial charge in [-0.25, -0.2) is 4.79 Å². The molecule has 0 aromatic heterocycles. The zero-order valence-corrected chi connectivity index (χ0v) is 9.94. The van der Waals surface area contributed by atoms with Crippen LogP contribution in [0.15, 0.2) is 24.3 Å². The number of benzene rings is 1. The predicted molar refractivity (Wildman–Crippen MR) is 61.4 cm³/mol. The molecule has 0 bridgehead atoms. The highest BCUT2D eigenvalue weighted by molar-refractivity contribution is 5.77. The summed E-state index contributed by atoms with van der Waals surface area (Å²) in [4.78, 5) is 12.7. The molecular weight excluding hydrogens is 261 g/mol.